The van der Waals surface area contributed by atoms with E-state index in [1.807, 2.05) is 42.5 Å². The number of Topliss-reactive ketones (excluding diaryl/α,β-unsaturated/α-hetero) is 1. The second-order valence-corrected chi connectivity index (χ2v) is 4.92. The van der Waals surface area contributed by atoms with Crippen molar-refractivity contribution in [2.24, 2.45) is 5.92 Å². The van der Waals surface area contributed by atoms with Crippen molar-refractivity contribution < 1.29 is 4.79 Å². The molecule has 2 atom stereocenters. The van der Waals surface area contributed by atoms with Crippen LogP contribution in [0.2, 0.25) is 0 Å². The van der Waals surface area contributed by atoms with E-state index >= 15 is 0 Å². The van der Waals surface area contributed by atoms with Gasteiger partial charge in [-0.3, -0.25) is 4.79 Å². The summed E-state index contributed by atoms with van der Waals surface area (Å²) >= 11 is 5.10. The summed E-state index contributed by atoms with van der Waals surface area (Å²) in [5, 5.41) is 6.52. The number of rotatable bonds is 3. The molecule has 2 rings (SSSR count). The number of carbonyl (C=O) groups is 1. The molecule has 1 fully saturated rings. The highest BCUT2D eigenvalue weighted by molar-refractivity contribution is 7.80. The van der Waals surface area contributed by atoms with Crippen molar-refractivity contribution in [3.8, 4) is 0 Å². The molecule has 0 saturated carbocycles. The molecule has 0 aromatic heterocycles. The Kier molecular flexibility index (Phi) is 4.12. The maximum atomic E-state index is 11.7. The lowest BCUT2D eigenvalue weighted by atomic mass is 9.90. The quantitative estimate of drug-likeness (QED) is 0.828. The average Bonchev–Trinajstić information content (AvgIpc) is 2.36. The van der Waals surface area contributed by atoms with Crippen LogP contribution in [0, 0.1) is 5.92 Å². The normalized spacial score (nSPS) is 23.0. The Labute approximate surface area is 118 Å². The van der Waals surface area contributed by atoms with Crippen LogP contribution < -0.4 is 10.6 Å². The van der Waals surface area contributed by atoms with Crippen LogP contribution in [-0.2, 0) is 4.79 Å². The second kappa shape index (κ2) is 5.80. The van der Waals surface area contributed by atoms with Crippen LogP contribution in [0.3, 0.4) is 0 Å². The third-order valence-corrected chi connectivity index (χ3v) is 3.26. The van der Waals surface area contributed by atoms with E-state index < -0.39 is 0 Å². The van der Waals surface area contributed by atoms with Crippen LogP contribution in [0.1, 0.15) is 12.5 Å². The molecule has 1 aliphatic heterocycles. The monoisotopic (exact) mass is 272 g/mol. The van der Waals surface area contributed by atoms with Crippen molar-refractivity contribution in [2.75, 3.05) is 0 Å². The molecule has 1 saturated heterocycles. The van der Waals surface area contributed by atoms with Gasteiger partial charge in [-0.15, -0.1) is 0 Å². The van der Waals surface area contributed by atoms with Gasteiger partial charge in [0.05, 0.1) is 12.0 Å². The lowest BCUT2D eigenvalue weighted by molar-refractivity contribution is -0.120. The topological polar surface area (TPSA) is 41.1 Å². The number of benzene rings is 1. The van der Waals surface area contributed by atoms with E-state index in [4.69, 9.17) is 12.2 Å². The predicted octanol–water partition coefficient (Wildman–Crippen LogP) is 2.27. The minimum atomic E-state index is -0.299. The van der Waals surface area contributed by atoms with Crippen molar-refractivity contribution in [1.82, 2.24) is 10.6 Å². The Balaban J connectivity index is 2.20. The molecular weight excluding hydrogens is 256 g/mol. The third kappa shape index (κ3) is 3.29. The van der Waals surface area contributed by atoms with Crippen LogP contribution in [0.15, 0.2) is 48.7 Å². The standard InChI is InChI=1S/C15H16N2OS/c1-10-14(11(2)18)13(17-15(19)16-10)9-8-12-6-4-3-5-7-12/h3-9,13-14H,1H2,2H3,(H2,16,17,19). The van der Waals surface area contributed by atoms with E-state index in [0.29, 0.717) is 10.8 Å². The van der Waals surface area contributed by atoms with E-state index in [1.54, 1.807) is 6.92 Å². The fourth-order valence-electron chi connectivity index (χ4n) is 2.15. The third-order valence-electron chi connectivity index (χ3n) is 3.04. The number of hydrogen-bond donors (Lipinski definition) is 2. The summed E-state index contributed by atoms with van der Waals surface area (Å²) in [5.74, 6) is -0.234. The summed E-state index contributed by atoms with van der Waals surface area (Å²) in [6.07, 6.45) is 3.94. The summed E-state index contributed by atoms with van der Waals surface area (Å²) in [4.78, 5) is 11.7. The molecule has 0 bridgehead atoms. The minimum Gasteiger partial charge on any atom is -0.355 e. The van der Waals surface area contributed by atoms with Crippen molar-refractivity contribution >= 4 is 29.2 Å². The van der Waals surface area contributed by atoms with Gasteiger partial charge in [-0.05, 0) is 24.7 Å². The van der Waals surface area contributed by atoms with Gasteiger partial charge in [-0.1, -0.05) is 49.1 Å². The van der Waals surface area contributed by atoms with Crippen LogP contribution in [-0.4, -0.2) is 16.9 Å². The van der Waals surface area contributed by atoms with Crippen LogP contribution >= 0.6 is 12.2 Å². The highest BCUT2D eigenvalue weighted by Gasteiger charge is 2.31. The predicted molar refractivity (Wildman–Crippen MR) is 81.4 cm³/mol. The number of nitrogens with one attached hydrogen (secondary N) is 2. The highest BCUT2D eigenvalue weighted by atomic mass is 32.1. The summed E-state index contributed by atoms with van der Waals surface area (Å²) in [6, 6.07) is 9.78. The smallest absolute Gasteiger partial charge is 0.171 e. The van der Waals surface area contributed by atoms with Gasteiger partial charge in [0.1, 0.15) is 5.78 Å². The second-order valence-electron chi connectivity index (χ2n) is 4.51. The molecule has 1 aromatic rings. The number of thiocarbonyl (C=S) groups is 1. The van der Waals surface area contributed by atoms with Gasteiger partial charge in [0.25, 0.3) is 0 Å². The molecule has 98 valence electrons. The molecule has 2 N–H and O–H groups in total. The lowest BCUT2D eigenvalue weighted by Crippen LogP contribution is -2.54. The number of carbonyl (C=O) groups excluding carboxylic acids is 1. The Bertz CT molecular complexity index is 536. The minimum absolute atomic E-state index is 0.0650. The van der Waals surface area contributed by atoms with Crippen LogP contribution in [0.25, 0.3) is 6.08 Å². The van der Waals surface area contributed by atoms with Gasteiger partial charge >= 0.3 is 0 Å². The molecule has 3 nitrogen and oxygen atoms in total. The van der Waals surface area contributed by atoms with Gasteiger partial charge in [0.2, 0.25) is 0 Å². The number of ketones is 1. The first-order chi connectivity index (χ1) is 9.08. The molecule has 1 aliphatic rings. The summed E-state index contributed by atoms with van der Waals surface area (Å²) in [7, 11) is 0. The van der Waals surface area contributed by atoms with Gasteiger partial charge in [-0.2, -0.15) is 0 Å². The zero-order chi connectivity index (χ0) is 13.8. The van der Waals surface area contributed by atoms with Gasteiger partial charge < -0.3 is 10.6 Å². The van der Waals surface area contributed by atoms with Crippen molar-refractivity contribution in [3.05, 3.63) is 54.2 Å². The zero-order valence-corrected chi connectivity index (χ0v) is 11.5. The van der Waals surface area contributed by atoms with Gasteiger partial charge in [0, 0.05) is 5.70 Å². The molecule has 1 heterocycles. The maximum absolute atomic E-state index is 11.7. The van der Waals surface area contributed by atoms with Crippen molar-refractivity contribution in [2.45, 2.75) is 13.0 Å². The highest BCUT2D eigenvalue weighted by Crippen LogP contribution is 2.19. The Hall–Kier alpha value is -1.94. The summed E-state index contributed by atoms with van der Waals surface area (Å²) < 4.78 is 0. The van der Waals surface area contributed by atoms with Crippen molar-refractivity contribution in [1.29, 1.82) is 0 Å². The maximum Gasteiger partial charge on any atom is 0.171 e. The molecule has 1 aromatic carbocycles. The molecular formula is C15H16N2OS. The Morgan fingerprint density at radius 2 is 2.05 bits per heavy atom. The Morgan fingerprint density at radius 3 is 2.68 bits per heavy atom. The Morgan fingerprint density at radius 1 is 1.37 bits per heavy atom. The summed E-state index contributed by atoms with van der Waals surface area (Å²) in [6.45, 7) is 5.45. The molecule has 0 amide bonds. The first-order valence-electron chi connectivity index (χ1n) is 6.08. The van der Waals surface area contributed by atoms with E-state index in [2.05, 4.69) is 17.2 Å². The molecule has 19 heavy (non-hydrogen) atoms. The van der Waals surface area contributed by atoms with E-state index in [1.165, 1.54) is 0 Å². The van der Waals surface area contributed by atoms with Crippen LogP contribution in [0.4, 0.5) is 0 Å². The van der Waals surface area contributed by atoms with E-state index in [0.717, 1.165) is 5.56 Å². The first-order valence-corrected chi connectivity index (χ1v) is 6.49. The molecule has 0 radical (unpaired) electrons. The fraction of sp³-hybridized carbons (Fsp3) is 0.200. The van der Waals surface area contributed by atoms with Gasteiger partial charge in [-0.25, -0.2) is 0 Å². The zero-order valence-electron chi connectivity index (χ0n) is 10.7. The summed E-state index contributed by atoms with van der Waals surface area (Å²) in [5.41, 5.74) is 1.74. The van der Waals surface area contributed by atoms with Gasteiger partial charge in [0.15, 0.2) is 5.11 Å². The van der Waals surface area contributed by atoms with Crippen LogP contribution in [0.5, 0.6) is 0 Å². The SMILES string of the molecule is C=C1NC(=S)NC(C=Cc2ccccc2)C1C(C)=O. The lowest BCUT2D eigenvalue weighted by Gasteiger charge is -2.32. The van der Waals surface area contributed by atoms with Crippen molar-refractivity contribution in [3.63, 3.8) is 0 Å². The first kappa shape index (κ1) is 13.5. The number of hydrogen-bond acceptors (Lipinski definition) is 2. The largest absolute Gasteiger partial charge is 0.355 e. The molecule has 4 heteroatoms. The van der Waals surface area contributed by atoms with E-state index in [9.17, 15) is 4.79 Å². The van der Waals surface area contributed by atoms with E-state index in [-0.39, 0.29) is 17.7 Å². The molecule has 0 spiro atoms. The fourth-order valence-corrected chi connectivity index (χ4v) is 2.41. The average molecular weight is 272 g/mol. The molecule has 0 aliphatic carbocycles. The molecule has 2 unspecified atom stereocenters.